The third kappa shape index (κ3) is 5.81. The van der Waals surface area contributed by atoms with E-state index in [0.717, 1.165) is 5.57 Å². The first kappa shape index (κ1) is 15.6. The van der Waals surface area contributed by atoms with Gasteiger partial charge in [-0.3, -0.25) is 0 Å². The molecule has 0 saturated heterocycles. The molecule has 8 heteroatoms. The Morgan fingerprint density at radius 1 is 1.29 bits per heavy atom. The van der Waals surface area contributed by atoms with Crippen molar-refractivity contribution in [2.75, 3.05) is 0 Å². The molecular weight excluding hydrogens is 342 g/mol. The summed E-state index contributed by atoms with van der Waals surface area (Å²) in [5, 5.41) is -0.240. The summed E-state index contributed by atoms with van der Waals surface area (Å²) in [4.78, 5) is 0.355. The van der Waals surface area contributed by atoms with Gasteiger partial charge in [-0.2, -0.15) is 8.42 Å². The van der Waals surface area contributed by atoms with Crippen molar-refractivity contribution in [3.05, 3.63) is 23.8 Å². The molecule has 2 nitrogen and oxygen atoms in total. The fourth-order valence-corrected chi connectivity index (χ4v) is 3.81. The number of alkyl halides is 1. The van der Waals surface area contributed by atoms with Gasteiger partial charge < -0.3 is 0 Å². The molecule has 0 heterocycles. The zero-order valence-electron chi connectivity index (χ0n) is 8.67. The molecule has 0 aromatic carbocycles. The molecule has 0 bridgehead atoms. The highest BCUT2D eigenvalue weighted by molar-refractivity contribution is 7.73. The highest BCUT2D eigenvalue weighted by atomic mass is 35.8. The lowest BCUT2D eigenvalue weighted by Crippen LogP contribution is -2.14. The van der Waals surface area contributed by atoms with Crippen LogP contribution in [0.4, 0.5) is 0 Å². The second-order valence-electron chi connectivity index (χ2n) is 3.56. The summed E-state index contributed by atoms with van der Waals surface area (Å²) in [5.74, 6) is 0. The molecule has 0 aromatic rings. The number of allylic oxidation sites excluding steroid dienone is 4. The van der Waals surface area contributed by atoms with E-state index in [4.69, 9.17) is 44.8 Å². The van der Waals surface area contributed by atoms with Gasteiger partial charge in [0.2, 0.25) is 10.3 Å². The molecular formula is C9H10Cl4O2SSi. The van der Waals surface area contributed by atoms with Crippen LogP contribution < -0.4 is 0 Å². The number of halogens is 4. The van der Waals surface area contributed by atoms with E-state index in [1.54, 1.807) is 18.2 Å². The van der Waals surface area contributed by atoms with Crippen LogP contribution in [-0.2, 0) is 10.3 Å². The maximum absolute atomic E-state index is 10.7. The SMILES string of the molecule is O=S(=O)=C1C=CC(C(Cl)CC[Si](Cl)(Cl)Cl)=CC1. The third-order valence-electron chi connectivity index (χ3n) is 2.26. The first-order valence-corrected chi connectivity index (χ1v) is 11.6. The quantitative estimate of drug-likeness (QED) is 0.336. The molecule has 1 aliphatic carbocycles. The molecule has 17 heavy (non-hydrogen) atoms. The molecule has 96 valence electrons. The van der Waals surface area contributed by atoms with Crippen LogP contribution in [0.2, 0.25) is 6.04 Å². The van der Waals surface area contributed by atoms with Gasteiger partial charge in [-0.05, 0) is 24.1 Å². The fraction of sp³-hybridized carbons (Fsp3) is 0.444. The van der Waals surface area contributed by atoms with Crippen LogP contribution in [-0.4, -0.2) is 24.7 Å². The van der Waals surface area contributed by atoms with Gasteiger partial charge in [-0.15, -0.1) is 44.8 Å². The van der Waals surface area contributed by atoms with E-state index in [2.05, 4.69) is 0 Å². The van der Waals surface area contributed by atoms with Gasteiger partial charge in [0.05, 0.1) is 10.2 Å². The Morgan fingerprint density at radius 2 is 1.94 bits per heavy atom. The second-order valence-corrected chi connectivity index (χ2v) is 14.4. The smallest absolute Gasteiger partial charge is 0.184 e. The predicted molar refractivity (Wildman–Crippen MR) is 78.1 cm³/mol. The standard InChI is InChI=1S/C9H10Cl4O2SSi/c10-9(5-6-17(11,12)13)7-1-3-8(4-2-7)16(14)15/h1-3,9H,4-6H2. The maximum atomic E-state index is 10.7. The first-order chi connectivity index (χ1) is 7.79. The van der Waals surface area contributed by atoms with Crippen molar-refractivity contribution in [3.63, 3.8) is 0 Å². The van der Waals surface area contributed by atoms with E-state index in [1.165, 1.54) is 0 Å². The molecule has 1 unspecified atom stereocenters. The van der Waals surface area contributed by atoms with E-state index >= 15 is 0 Å². The Hall–Kier alpha value is 0.547. The Balaban J connectivity index is 2.60. The van der Waals surface area contributed by atoms with Gasteiger partial charge in [0.25, 0.3) is 0 Å². The zero-order valence-corrected chi connectivity index (χ0v) is 13.5. The van der Waals surface area contributed by atoms with Gasteiger partial charge in [0, 0.05) is 6.42 Å². The third-order valence-corrected chi connectivity index (χ3v) is 6.02. The van der Waals surface area contributed by atoms with Crippen LogP contribution in [0.15, 0.2) is 23.8 Å². The zero-order chi connectivity index (χ0) is 13.1. The van der Waals surface area contributed by atoms with Gasteiger partial charge >= 0.3 is 6.00 Å². The molecule has 1 aliphatic rings. The normalized spacial score (nSPS) is 17.9. The first-order valence-electron chi connectivity index (χ1n) is 4.83. The minimum absolute atomic E-state index is 0.240. The molecule has 1 rings (SSSR count). The van der Waals surface area contributed by atoms with E-state index in [-0.39, 0.29) is 5.38 Å². The largest absolute Gasteiger partial charge is 0.341 e. The van der Waals surface area contributed by atoms with Crippen molar-refractivity contribution < 1.29 is 8.42 Å². The van der Waals surface area contributed by atoms with Crippen LogP contribution in [0.5, 0.6) is 0 Å². The second kappa shape index (κ2) is 6.64. The topological polar surface area (TPSA) is 34.1 Å². The molecule has 0 N–H and O–H groups in total. The number of hydrogen-bond donors (Lipinski definition) is 0. The summed E-state index contributed by atoms with van der Waals surface area (Å²) in [7, 11) is -2.16. The minimum Gasteiger partial charge on any atom is -0.184 e. The molecule has 1 atom stereocenters. The summed E-state index contributed by atoms with van der Waals surface area (Å²) in [6, 6.07) is -2.15. The van der Waals surface area contributed by atoms with Crippen molar-refractivity contribution in [3.8, 4) is 0 Å². The summed E-state index contributed by atoms with van der Waals surface area (Å²) < 4.78 is 21.4. The molecule has 0 aromatic heterocycles. The average molecular weight is 352 g/mol. The minimum atomic E-state index is -2.64. The highest BCUT2D eigenvalue weighted by Gasteiger charge is 2.26. The predicted octanol–water partition coefficient (Wildman–Crippen LogP) is 3.58. The maximum Gasteiger partial charge on any atom is 0.341 e. The van der Waals surface area contributed by atoms with Gasteiger partial charge in [-0.1, -0.05) is 12.2 Å². The molecule has 0 aliphatic heterocycles. The van der Waals surface area contributed by atoms with Crippen LogP contribution in [0.25, 0.3) is 0 Å². The van der Waals surface area contributed by atoms with Gasteiger partial charge in [-0.25, -0.2) is 0 Å². The molecule has 0 amide bonds. The van der Waals surface area contributed by atoms with Crippen LogP contribution in [0.3, 0.4) is 0 Å². The lowest BCUT2D eigenvalue weighted by molar-refractivity contribution is 0.627. The lowest BCUT2D eigenvalue weighted by atomic mass is 10.0. The lowest BCUT2D eigenvalue weighted by Gasteiger charge is -2.15. The van der Waals surface area contributed by atoms with Gasteiger partial charge in [0.15, 0.2) is 0 Å². The molecule has 0 radical (unpaired) electrons. The Labute approximate surface area is 122 Å². The van der Waals surface area contributed by atoms with Crippen LogP contribution in [0, 0.1) is 0 Å². The van der Waals surface area contributed by atoms with Crippen molar-refractivity contribution >= 4 is 66.0 Å². The number of hydrogen-bond acceptors (Lipinski definition) is 2. The Bertz CT molecular complexity index is 468. The average Bonchev–Trinajstić information content (AvgIpc) is 2.25. The van der Waals surface area contributed by atoms with Gasteiger partial charge in [0.1, 0.15) is 0 Å². The highest BCUT2D eigenvalue weighted by Crippen LogP contribution is 2.30. The Morgan fingerprint density at radius 3 is 2.35 bits per heavy atom. The number of rotatable bonds is 4. The molecule has 0 fully saturated rings. The van der Waals surface area contributed by atoms with E-state index in [1.807, 2.05) is 0 Å². The summed E-state index contributed by atoms with van der Waals surface area (Å²) >= 11 is 23.5. The van der Waals surface area contributed by atoms with Crippen molar-refractivity contribution in [2.24, 2.45) is 0 Å². The summed E-state index contributed by atoms with van der Waals surface area (Å²) in [5.41, 5.74) is 0.879. The van der Waals surface area contributed by atoms with E-state index < -0.39 is 16.3 Å². The fourth-order valence-electron chi connectivity index (χ4n) is 1.36. The van der Waals surface area contributed by atoms with Crippen LogP contribution in [0.1, 0.15) is 12.8 Å². The van der Waals surface area contributed by atoms with E-state index in [9.17, 15) is 8.42 Å². The summed E-state index contributed by atoms with van der Waals surface area (Å²) in [6.07, 6.45) is 6.00. The van der Waals surface area contributed by atoms with Crippen molar-refractivity contribution in [1.29, 1.82) is 0 Å². The molecule has 0 spiro atoms. The van der Waals surface area contributed by atoms with Crippen molar-refractivity contribution in [2.45, 2.75) is 24.3 Å². The summed E-state index contributed by atoms with van der Waals surface area (Å²) in [6.45, 7) is 0. The molecule has 0 saturated carbocycles. The van der Waals surface area contributed by atoms with E-state index in [0.29, 0.717) is 23.8 Å². The Kier molecular flexibility index (Phi) is 6.09. The van der Waals surface area contributed by atoms with Crippen LogP contribution >= 0.6 is 44.8 Å². The monoisotopic (exact) mass is 350 g/mol. The van der Waals surface area contributed by atoms with Crippen molar-refractivity contribution in [1.82, 2.24) is 0 Å².